The van der Waals surface area contributed by atoms with Crippen molar-refractivity contribution in [3.63, 3.8) is 0 Å². The molecule has 0 fully saturated rings. The van der Waals surface area contributed by atoms with Crippen molar-refractivity contribution in [1.29, 1.82) is 0 Å². The van der Waals surface area contributed by atoms with E-state index in [1.165, 1.54) is 33.4 Å². The third-order valence-electron chi connectivity index (χ3n) is 5.72. The summed E-state index contributed by atoms with van der Waals surface area (Å²) in [6.45, 7) is 8.99. The molecule has 3 aromatic rings. The zero-order chi connectivity index (χ0) is 18.6. The van der Waals surface area contributed by atoms with E-state index < -0.39 is 0 Å². The summed E-state index contributed by atoms with van der Waals surface area (Å²) in [7, 11) is 0. The lowest BCUT2D eigenvalue weighted by Gasteiger charge is -2.31. The van der Waals surface area contributed by atoms with Gasteiger partial charge < -0.3 is 0 Å². The topological polar surface area (TPSA) is 0 Å². The van der Waals surface area contributed by atoms with Crippen LogP contribution in [0.15, 0.2) is 72.8 Å². The Bertz CT molecular complexity index is 843. The van der Waals surface area contributed by atoms with Gasteiger partial charge in [-0.2, -0.15) is 0 Å². The average Bonchev–Trinajstić information content (AvgIpc) is 2.64. The molecule has 1 unspecified atom stereocenters. The summed E-state index contributed by atoms with van der Waals surface area (Å²) in [4.78, 5) is 0. The van der Waals surface area contributed by atoms with E-state index >= 15 is 0 Å². The zero-order valence-corrected chi connectivity index (χ0v) is 16.5. The Labute approximate surface area is 158 Å². The van der Waals surface area contributed by atoms with Gasteiger partial charge in [0.05, 0.1) is 0 Å². The highest BCUT2D eigenvalue weighted by molar-refractivity contribution is 5.35. The molecule has 0 saturated heterocycles. The van der Waals surface area contributed by atoms with Gasteiger partial charge in [-0.1, -0.05) is 85.3 Å². The molecule has 0 bridgehead atoms. The highest BCUT2D eigenvalue weighted by Crippen LogP contribution is 2.34. The Morgan fingerprint density at radius 3 is 2.04 bits per heavy atom. The first-order valence-electron chi connectivity index (χ1n) is 9.63. The van der Waals surface area contributed by atoms with Gasteiger partial charge in [-0.15, -0.1) is 0 Å². The fourth-order valence-electron chi connectivity index (χ4n) is 3.72. The first kappa shape index (κ1) is 18.5. The number of hydrogen-bond acceptors (Lipinski definition) is 0. The number of hydrogen-bond donors (Lipinski definition) is 0. The summed E-state index contributed by atoms with van der Waals surface area (Å²) in [6, 6.07) is 26.9. The lowest BCUT2D eigenvalue weighted by atomic mass is 9.73. The molecule has 0 aliphatic carbocycles. The van der Waals surface area contributed by atoms with E-state index in [1.807, 2.05) is 0 Å². The van der Waals surface area contributed by atoms with Gasteiger partial charge in [0.2, 0.25) is 0 Å². The molecule has 134 valence electrons. The van der Waals surface area contributed by atoms with Crippen molar-refractivity contribution in [3.05, 3.63) is 106 Å². The van der Waals surface area contributed by atoms with Crippen molar-refractivity contribution in [1.82, 2.24) is 0 Å². The third-order valence-corrected chi connectivity index (χ3v) is 5.72. The van der Waals surface area contributed by atoms with Crippen LogP contribution in [0, 0.1) is 20.8 Å². The maximum absolute atomic E-state index is 2.43. The SMILES string of the molecule is Cc1ccc(C(C)(CCc2ccccc2)Cc2ccc(C)c(C)c2)cc1. The maximum atomic E-state index is 2.43. The number of aryl methyl sites for hydroxylation is 4. The molecule has 0 heterocycles. The van der Waals surface area contributed by atoms with Crippen LogP contribution >= 0.6 is 0 Å². The molecule has 3 rings (SSSR count). The summed E-state index contributed by atoms with van der Waals surface area (Å²) < 4.78 is 0. The van der Waals surface area contributed by atoms with Crippen molar-refractivity contribution >= 4 is 0 Å². The standard InChI is InChI=1S/C26H30/c1-20-10-14-25(15-11-20)26(4,17-16-23-8-6-5-7-9-23)19-24-13-12-21(2)22(3)18-24/h5-15,18H,16-17,19H2,1-4H3. The highest BCUT2D eigenvalue weighted by atomic mass is 14.3. The third kappa shape index (κ3) is 4.43. The van der Waals surface area contributed by atoms with Gasteiger partial charge >= 0.3 is 0 Å². The molecule has 0 radical (unpaired) electrons. The van der Waals surface area contributed by atoms with E-state index in [0.717, 1.165) is 19.3 Å². The van der Waals surface area contributed by atoms with Crippen LogP contribution in [-0.2, 0) is 18.3 Å². The van der Waals surface area contributed by atoms with Gasteiger partial charge in [-0.05, 0) is 73.3 Å². The molecule has 0 amide bonds. The molecular formula is C26H30. The van der Waals surface area contributed by atoms with Gasteiger partial charge in [-0.25, -0.2) is 0 Å². The molecule has 0 aliphatic rings. The van der Waals surface area contributed by atoms with Crippen molar-refractivity contribution in [2.24, 2.45) is 0 Å². The van der Waals surface area contributed by atoms with E-state index in [0.29, 0.717) is 0 Å². The molecule has 0 nitrogen and oxygen atoms in total. The summed E-state index contributed by atoms with van der Waals surface area (Å²) in [5.74, 6) is 0. The van der Waals surface area contributed by atoms with Crippen LogP contribution in [0.25, 0.3) is 0 Å². The minimum Gasteiger partial charge on any atom is -0.0622 e. The van der Waals surface area contributed by atoms with E-state index in [2.05, 4.69) is 100 Å². The zero-order valence-electron chi connectivity index (χ0n) is 16.5. The molecule has 26 heavy (non-hydrogen) atoms. The van der Waals surface area contributed by atoms with Gasteiger partial charge in [0, 0.05) is 0 Å². The van der Waals surface area contributed by atoms with Crippen LogP contribution in [0.3, 0.4) is 0 Å². The quantitative estimate of drug-likeness (QED) is 0.465. The normalized spacial score (nSPS) is 13.4. The molecule has 0 N–H and O–H groups in total. The fraction of sp³-hybridized carbons (Fsp3) is 0.308. The van der Waals surface area contributed by atoms with E-state index in [9.17, 15) is 0 Å². The van der Waals surface area contributed by atoms with Crippen molar-refractivity contribution in [2.75, 3.05) is 0 Å². The maximum Gasteiger partial charge on any atom is -0.00318 e. The van der Waals surface area contributed by atoms with Crippen LogP contribution in [0.4, 0.5) is 0 Å². The van der Waals surface area contributed by atoms with E-state index in [4.69, 9.17) is 0 Å². The summed E-state index contributed by atoms with van der Waals surface area (Å²) in [6.07, 6.45) is 3.33. The smallest absolute Gasteiger partial charge is 0.00318 e. The lowest BCUT2D eigenvalue weighted by molar-refractivity contribution is 0.430. The van der Waals surface area contributed by atoms with Crippen molar-refractivity contribution in [2.45, 2.75) is 52.4 Å². The lowest BCUT2D eigenvalue weighted by Crippen LogP contribution is -2.26. The van der Waals surface area contributed by atoms with Gasteiger partial charge in [0.15, 0.2) is 0 Å². The van der Waals surface area contributed by atoms with Crippen LogP contribution < -0.4 is 0 Å². The van der Waals surface area contributed by atoms with Crippen LogP contribution in [0.1, 0.15) is 46.7 Å². The van der Waals surface area contributed by atoms with Gasteiger partial charge in [0.25, 0.3) is 0 Å². The minimum atomic E-state index is 0.130. The highest BCUT2D eigenvalue weighted by Gasteiger charge is 2.27. The molecule has 1 atom stereocenters. The second-order valence-corrected chi connectivity index (χ2v) is 8.01. The summed E-state index contributed by atoms with van der Waals surface area (Å²) in [5, 5.41) is 0. The largest absolute Gasteiger partial charge is 0.0622 e. The Kier molecular flexibility index (Phi) is 5.61. The Balaban J connectivity index is 1.89. The summed E-state index contributed by atoms with van der Waals surface area (Å²) >= 11 is 0. The average molecular weight is 343 g/mol. The Morgan fingerprint density at radius 2 is 1.38 bits per heavy atom. The van der Waals surface area contributed by atoms with Crippen LogP contribution in [-0.4, -0.2) is 0 Å². The van der Waals surface area contributed by atoms with Gasteiger partial charge in [-0.3, -0.25) is 0 Å². The molecule has 0 aliphatic heterocycles. The fourth-order valence-corrected chi connectivity index (χ4v) is 3.72. The minimum absolute atomic E-state index is 0.130. The molecule has 0 aromatic heterocycles. The molecule has 0 saturated carbocycles. The van der Waals surface area contributed by atoms with Crippen molar-refractivity contribution < 1.29 is 0 Å². The van der Waals surface area contributed by atoms with Crippen molar-refractivity contribution in [3.8, 4) is 0 Å². The van der Waals surface area contributed by atoms with E-state index in [-0.39, 0.29) is 5.41 Å². The first-order chi connectivity index (χ1) is 12.5. The van der Waals surface area contributed by atoms with E-state index in [1.54, 1.807) is 0 Å². The second kappa shape index (κ2) is 7.91. The number of benzene rings is 3. The monoisotopic (exact) mass is 342 g/mol. The number of rotatable bonds is 6. The molecular weight excluding hydrogens is 312 g/mol. The summed E-state index contributed by atoms with van der Waals surface area (Å²) in [5.41, 5.74) is 8.51. The van der Waals surface area contributed by atoms with Crippen LogP contribution in [0.2, 0.25) is 0 Å². The molecule has 0 spiro atoms. The Hall–Kier alpha value is -2.34. The predicted octanol–water partition coefficient (Wildman–Crippen LogP) is 6.75. The first-order valence-corrected chi connectivity index (χ1v) is 9.63. The second-order valence-electron chi connectivity index (χ2n) is 8.01. The van der Waals surface area contributed by atoms with Gasteiger partial charge in [0.1, 0.15) is 0 Å². The molecule has 3 aromatic carbocycles. The van der Waals surface area contributed by atoms with Crippen LogP contribution in [0.5, 0.6) is 0 Å². The predicted molar refractivity (Wildman–Crippen MR) is 113 cm³/mol. The Morgan fingerprint density at radius 1 is 0.692 bits per heavy atom. The molecule has 0 heteroatoms.